The number of hydrogen-bond donors (Lipinski definition) is 0. The fraction of sp³-hybridized carbons (Fsp3) is 0.571. The Morgan fingerprint density at radius 3 is 2.37 bits per heavy atom. The van der Waals surface area contributed by atoms with Crippen LogP contribution in [0.3, 0.4) is 0 Å². The predicted octanol–water partition coefficient (Wildman–Crippen LogP) is 4.91. The molecule has 6 heteroatoms. The molecule has 2 aromatic rings. The van der Waals surface area contributed by atoms with Gasteiger partial charge in [-0.2, -0.15) is 18.3 Å². The Bertz CT molecular complexity index is 848. The average molecular weight is 376 g/mol. The van der Waals surface area contributed by atoms with Gasteiger partial charge in [-0.1, -0.05) is 6.07 Å². The monoisotopic (exact) mass is 376 g/mol. The van der Waals surface area contributed by atoms with E-state index in [0.717, 1.165) is 57.4 Å². The highest BCUT2D eigenvalue weighted by atomic mass is 19.4. The van der Waals surface area contributed by atoms with Crippen LogP contribution in [-0.4, -0.2) is 23.0 Å². The van der Waals surface area contributed by atoms with Gasteiger partial charge in [0, 0.05) is 24.8 Å². The molecule has 0 bridgehead atoms. The molecular weight excluding hydrogens is 353 g/mol. The fourth-order valence-electron chi connectivity index (χ4n) is 4.70. The standard InChI is InChI=1S/C21H23F3N2O/c22-21(23,24)20-12-19(14-1-2-14)26(25-20)18-4-3-15-9-16(10-17(15)11-18)13-5-7-27-8-6-13/h3-4,11-14,16H,1-2,5-10H2/t16-/m0/s1. The number of fused-ring (bicyclic) bond motifs is 1. The molecule has 1 saturated carbocycles. The zero-order chi connectivity index (χ0) is 18.6. The third kappa shape index (κ3) is 3.28. The van der Waals surface area contributed by atoms with Gasteiger partial charge in [0.05, 0.1) is 5.69 Å². The van der Waals surface area contributed by atoms with E-state index in [4.69, 9.17) is 4.74 Å². The molecule has 27 heavy (non-hydrogen) atoms. The van der Waals surface area contributed by atoms with Crippen molar-refractivity contribution in [2.75, 3.05) is 13.2 Å². The third-order valence-corrected chi connectivity index (χ3v) is 6.35. The summed E-state index contributed by atoms with van der Waals surface area (Å²) in [5.41, 5.74) is 3.28. The lowest BCUT2D eigenvalue weighted by atomic mass is 9.84. The van der Waals surface area contributed by atoms with Crippen LogP contribution in [0.25, 0.3) is 5.69 Å². The molecule has 3 aliphatic rings. The van der Waals surface area contributed by atoms with Crippen LogP contribution in [0.2, 0.25) is 0 Å². The molecule has 1 aromatic heterocycles. The molecule has 1 aromatic carbocycles. The Morgan fingerprint density at radius 2 is 1.67 bits per heavy atom. The van der Waals surface area contributed by atoms with Crippen LogP contribution in [-0.2, 0) is 23.8 Å². The number of nitrogens with zero attached hydrogens (tertiary/aromatic N) is 2. The van der Waals surface area contributed by atoms with E-state index in [9.17, 15) is 13.2 Å². The van der Waals surface area contributed by atoms with Crippen molar-refractivity contribution in [1.82, 2.24) is 9.78 Å². The van der Waals surface area contributed by atoms with E-state index in [1.807, 2.05) is 6.07 Å². The van der Waals surface area contributed by atoms with Gasteiger partial charge in [0.15, 0.2) is 5.69 Å². The summed E-state index contributed by atoms with van der Waals surface area (Å²) in [4.78, 5) is 0. The second kappa shape index (κ2) is 6.36. The maximum Gasteiger partial charge on any atom is 0.435 e. The van der Waals surface area contributed by atoms with E-state index >= 15 is 0 Å². The van der Waals surface area contributed by atoms with Crippen LogP contribution in [0.1, 0.15) is 54.1 Å². The summed E-state index contributed by atoms with van der Waals surface area (Å²) in [6, 6.07) is 7.32. The Balaban J connectivity index is 1.44. The molecule has 144 valence electrons. The van der Waals surface area contributed by atoms with Crippen LogP contribution >= 0.6 is 0 Å². The number of aromatic nitrogens is 2. The highest BCUT2D eigenvalue weighted by molar-refractivity contribution is 5.45. The highest BCUT2D eigenvalue weighted by Crippen LogP contribution is 2.43. The van der Waals surface area contributed by atoms with Crippen molar-refractivity contribution in [2.45, 2.75) is 50.6 Å². The van der Waals surface area contributed by atoms with Crippen molar-refractivity contribution >= 4 is 0 Å². The van der Waals surface area contributed by atoms with E-state index in [1.54, 1.807) is 0 Å². The van der Waals surface area contributed by atoms with Gasteiger partial charge in [-0.05, 0) is 79.7 Å². The highest BCUT2D eigenvalue weighted by Gasteiger charge is 2.38. The summed E-state index contributed by atoms with van der Waals surface area (Å²) < 4.78 is 46.5. The lowest BCUT2D eigenvalue weighted by molar-refractivity contribution is -0.141. The molecule has 2 heterocycles. The van der Waals surface area contributed by atoms with Gasteiger partial charge < -0.3 is 4.74 Å². The summed E-state index contributed by atoms with van der Waals surface area (Å²) in [5.74, 6) is 1.53. The molecule has 3 nitrogen and oxygen atoms in total. The first kappa shape index (κ1) is 17.3. The minimum absolute atomic E-state index is 0.205. The molecule has 1 saturated heterocycles. The summed E-state index contributed by atoms with van der Waals surface area (Å²) in [5, 5.41) is 3.92. The number of benzene rings is 1. The molecule has 2 aliphatic carbocycles. The minimum atomic E-state index is -4.40. The zero-order valence-corrected chi connectivity index (χ0v) is 15.1. The SMILES string of the molecule is FC(F)(F)c1cc(C2CC2)n(-c2ccc3c(c2)C[C@@H](C2CCOCC2)C3)n1. The van der Waals surface area contributed by atoms with Crippen molar-refractivity contribution in [3.8, 4) is 5.69 Å². The zero-order valence-electron chi connectivity index (χ0n) is 15.1. The van der Waals surface area contributed by atoms with E-state index < -0.39 is 11.9 Å². The van der Waals surface area contributed by atoms with Gasteiger partial charge >= 0.3 is 6.18 Å². The number of ether oxygens (including phenoxy) is 1. The lowest BCUT2D eigenvalue weighted by Gasteiger charge is -2.27. The van der Waals surface area contributed by atoms with Crippen molar-refractivity contribution in [3.05, 3.63) is 46.8 Å². The van der Waals surface area contributed by atoms with E-state index in [-0.39, 0.29) is 5.92 Å². The first-order chi connectivity index (χ1) is 13.0. The van der Waals surface area contributed by atoms with Gasteiger partial charge in [0.25, 0.3) is 0 Å². The van der Waals surface area contributed by atoms with Crippen molar-refractivity contribution in [2.24, 2.45) is 11.8 Å². The first-order valence-electron chi connectivity index (χ1n) is 9.86. The molecule has 0 radical (unpaired) electrons. The number of rotatable bonds is 3. The summed E-state index contributed by atoms with van der Waals surface area (Å²) >= 11 is 0. The Morgan fingerprint density at radius 1 is 0.926 bits per heavy atom. The topological polar surface area (TPSA) is 27.1 Å². The van der Waals surface area contributed by atoms with Crippen LogP contribution in [0.4, 0.5) is 13.2 Å². The Hall–Kier alpha value is -1.82. The third-order valence-electron chi connectivity index (χ3n) is 6.35. The smallest absolute Gasteiger partial charge is 0.381 e. The van der Waals surface area contributed by atoms with Crippen molar-refractivity contribution < 1.29 is 17.9 Å². The number of halogens is 3. The molecule has 0 unspecified atom stereocenters. The second-order valence-electron chi connectivity index (χ2n) is 8.21. The largest absolute Gasteiger partial charge is 0.435 e. The molecule has 1 atom stereocenters. The Kier molecular flexibility index (Phi) is 4.08. The molecular formula is C21H23F3N2O. The molecule has 1 aliphatic heterocycles. The quantitative estimate of drug-likeness (QED) is 0.761. The van der Waals surface area contributed by atoms with Crippen LogP contribution < -0.4 is 0 Å². The molecule has 2 fully saturated rings. The van der Waals surface area contributed by atoms with Gasteiger partial charge in [0.1, 0.15) is 0 Å². The van der Waals surface area contributed by atoms with Gasteiger partial charge in [-0.3, -0.25) is 0 Å². The van der Waals surface area contributed by atoms with Crippen molar-refractivity contribution in [1.29, 1.82) is 0 Å². The normalized spacial score (nSPS) is 23.6. The second-order valence-corrected chi connectivity index (χ2v) is 8.21. The van der Waals surface area contributed by atoms with E-state index in [2.05, 4.69) is 17.2 Å². The van der Waals surface area contributed by atoms with E-state index in [0.29, 0.717) is 17.5 Å². The van der Waals surface area contributed by atoms with Gasteiger partial charge in [-0.25, -0.2) is 4.68 Å². The predicted molar refractivity (Wildman–Crippen MR) is 95.0 cm³/mol. The van der Waals surface area contributed by atoms with Gasteiger partial charge in [-0.15, -0.1) is 0 Å². The summed E-state index contributed by atoms with van der Waals surface area (Å²) in [6.07, 6.45) is 1.80. The summed E-state index contributed by atoms with van der Waals surface area (Å²) in [6.45, 7) is 1.70. The average Bonchev–Trinajstić information content (AvgIpc) is 3.24. The Labute approximate surface area is 156 Å². The minimum Gasteiger partial charge on any atom is -0.381 e. The van der Waals surface area contributed by atoms with Crippen LogP contribution in [0, 0.1) is 11.8 Å². The number of hydrogen-bond acceptors (Lipinski definition) is 2. The first-order valence-corrected chi connectivity index (χ1v) is 9.86. The molecule has 0 N–H and O–H groups in total. The van der Waals surface area contributed by atoms with Crippen molar-refractivity contribution in [3.63, 3.8) is 0 Å². The van der Waals surface area contributed by atoms with E-state index in [1.165, 1.54) is 21.9 Å². The number of alkyl halides is 3. The maximum absolute atomic E-state index is 13.2. The molecule has 5 rings (SSSR count). The fourth-order valence-corrected chi connectivity index (χ4v) is 4.70. The lowest BCUT2D eigenvalue weighted by Crippen LogP contribution is -2.23. The molecule has 0 amide bonds. The maximum atomic E-state index is 13.2. The summed E-state index contributed by atoms with van der Waals surface area (Å²) in [7, 11) is 0. The molecule has 0 spiro atoms. The van der Waals surface area contributed by atoms with Crippen LogP contribution in [0.5, 0.6) is 0 Å². The van der Waals surface area contributed by atoms with Crippen LogP contribution in [0.15, 0.2) is 24.3 Å². The van der Waals surface area contributed by atoms with Gasteiger partial charge in [0.2, 0.25) is 0 Å².